The van der Waals surface area contributed by atoms with Crippen LogP contribution in [-0.2, 0) is 0 Å². The number of nitrogens with two attached hydrogens (primary N) is 1. The summed E-state index contributed by atoms with van der Waals surface area (Å²) in [6.07, 6.45) is 3.39. The van der Waals surface area contributed by atoms with E-state index in [9.17, 15) is 4.39 Å². The summed E-state index contributed by atoms with van der Waals surface area (Å²) in [7, 11) is 0. The maximum absolute atomic E-state index is 13.7. The second kappa shape index (κ2) is 5.32. The summed E-state index contributed by atoms with van der Waals surface area (Å²) in [6, 6.07) is 6.80. The molecule has 0 amide bonds. The van der Waals surface area contributed by atoms with Crippen molar-refractivity contribution in [3.63, 3.8) is 0 Å². The lowest BCUT2D eigenvalue weighted by molar-refractivity contribution is 0.588. The summed E-state index contributed by atoms with van der Waals surface area (Å²) in [6.45, 7) is 3.08. The van der Waals surface area contributed by atoms with Crippen molar-refractivity contribution in [1.82, 2.24) is 9.97 Å². The average Bonchev–Trinajstić information content (AvgIpc) is 2.49. The van der Waals surface area contributed by atoms with Crippen molar-refractivity contribution in [1.29, 1.82) is 0 Å². The number of nitrogen functional groups attached to an aromatic ring is 1. The Morgan fingerprint density at radius 1 is 1.00 bits per heavy atom. The van der Waals surface area contributed by atoms with Gasteiger partial charge in [-0.3, -0.25) is 0 Å². The third-order valence-corrected chi connectivity index (χ3v) is 3.45. The molecule has 0 atom stereocenters. The lowest BCUT2D eigenvalue weighted by atomic mass is 10.2. The highest BCUT2D eigenvalue weighted by molar-refractivity contribution is 5.50. The first-order chi connectivity index (χ1) is 9.74. The van der Waals surface area contributed by atoms with E-state index in [0.29, 0.717) is 11.6 Å². The molecule has 0 unspecified atom stereocenters. The molecular weight excluding hydrogens is 257 g/mol. The number of rotatable bonds is 2. The highest BCUT2D eigenvalue weighted by Crippen LogP contribution is 2.20. The smallest absolute Gasteiger partial charge is 0.165 e. The first-order valence-electron chi connectivity index (χ1n) is 6.56. The zero-order valence-electron chi connectivity index (χ0n) is 11.0. The maximum Gasteiger partial charge on any atom is 0.165 e. The molecule has 3 rings (SSSR count). The van der Waals surface area contributed by atoms with E-state index in [1.807, 2.05) is 11.0 Å². The van der Waals surface area contributed by atoms with Crippen molar-refractivity contribution in [2.24, 2.45) is 0 Å². The minimum Gasteiger partial charge on any atom is -0.384 e. The fourth-order valence-electron chi connectivity index (χ4n) is 2.37. The monoisotopic (exact) mass is 273 g/mol. The third-order valence-electron chi connectivity index (χ3n) is 3.45. The van der Waals surface area contributed by atoms with Crippen LogP contribution in [0.3, 0.4) is 0 Å². The second-order valence-corrected chi connectivity index (χ2v) is 4.72. The van der Waals surface area contributed by atoms with Gasteiger partial charge in [-0.15, -0.1) is 0 Å². The van der Waals surface area contributed by atoms with Crippen LogP contribution in [0, 0.1) is 5.82 Å². The van der Waals surface area contributed by atoms with Gasteiger partial charge < -0.3 is 15.5 Å². The van der Waals surface area contributed by atoms with Crippen LogP contribution in [0.25, 0.3) is 0 Å². The van der Waals surface area contributed by atoms with E-state index in [1.165, 1.54) is 6.07 Å². The molecule has 2 N–H and O–H groups in total. The van der Waals surface area contributed by atoms with Gasteiger partial charge in [0.05, 0.1) is 11.9 Å². The van der Waals surface area contributed by atoms with Crippen molar-refractivity contribution < 1.29 is 4.39 Å². The number of anilines is 3. The lowest BCUT2D eigenvalue weighted by Gasteiger charge is -2.36. The minimum atomic E-state index is -0.268. The molecule has 0 saturated carbocycles. The number of hydrogen-bond acceptors (Lipinski definition) is 5. The molecule has 0 aliphatic carbocycles. The first kappa shape index (κ1) is 12.7. The molecule has 1 aliphatic heterocycles. The Bertz CT molecular complexity index is 578. The van der Waals surface area contributed by atoms with Crippen molar-refractivity contribution in [2.75, 3.05) is 41.7 Å². The summed E-state index contributed by atoms with van der Waals surface area (Å²) in [4.78, 5) is 12.4. The quantitative estimate of drug-likeness (QED) is 0.899. The molecule has 0 bridgehead atoms. The highest BCUT2D eigenvalue weighted by atomic mass is 19.1. The van der Waals surface area contributed by atoms with Crippen LogP contribution in [0.15, 0.2) is 36.7 Å². The van der Waals surface area contributed by atoms with E-state index in [1.54, 1.807) is 24.5 Å². The Hall–Kier alpha value is -2.37. The van der Waals surface area contributed by atoms with Gasteiger partial charge >= 0.3 is 0 Å². The molecule has 6 heteroatoms. The van der Waals surface area contributed by atoms with Gasteiger partial charge in [-0.2, -0.15) is 0 Å². The normalized spacial score (nSPS) is 15.4. The van der Waals surface area contributed by atoms with Crippen LogP contribution in [0.5, 0.6) is 0 Å². The number of pyridine rings is 2. The van der Waals surface area contributed by atoms with Gasteiger partial charge in [-0.1, -0.05) is 0 Å². The summed E-state index contributed by atoms with van der Waals surface area (Å²) in [5.41, 5.74) is 6.63. The number of nitrogens with zero attached hydrogens (tertiary/aromatic N) is 4. The fourth-order valence-corrected chi connectivity index (χ4v) is 2.37. The number of halogens is 1. The average molecular weight is 273 g/mol. The SMILES string of the molecule is Nc1ccc(N2CCN(c3ncccc3F)CC2)cn1. The van der Waals surface area contributed by atoms with E-state index in [-0.39, 0.29) is 5.82 Å². The molecule has 0 radical (unpaired) electrons. The molecule has 0 spiro atoms. The lowest BCUT2D eigenvalue weighted by Crippen LogP contribution is -2.47. The van der Waals surface area contributed by atoms with E-state index in [4.69, 9.17) is 5.73 Å². The van der Waals surface area contributed by atoms with Crippen LogP contribution in [0.2, 0.25) is 0 Å². The largest absolute Gasteiger partial charge is 0.384 e. The Balaban J connectivity index is 1.68. The Kier molecular flexibility index (Phi) is 3.37. The molecule has 0 aromatic carbocycles. The molecule has 2 aromatic rings. The van der Waals surface area contributed by atoms with Gasteiger partial charge in [0.25, 0.3) is 0 Å². The Morgan fingerprint density at radius 2 is 1.75 bits per heavy atom. The van der Waals surface area contributed by atoms with Gasteiger partial charge in [0.2, 0.25) is 0 Å². The Morgan fingerprint density at radius 3 is 2.40 bits per heavy atom. The number of aromatic nitrogens is 2. The zero-order chi connectivity index (χ0) is 13.9. The van der Waals surface area contributed by atoms with Crippen molar-refractivity contribution in [3.05, 3.63) is 42.5 Å². The first-order valence-corrected chi connectivity index (χ1v) is 6.56. The highest BCUT2D eigenvalue weighted by Gasteiger charge is 2.20. The Labute approximate surface area is 116 Å². The number of hydrogen-bond donors (Lipinski definition) is 1. The molecule has 104 valence electrons. The molecule has 1 saturated heterocycles. The molecule has 2 aromatic heterocycles. The second-order valence-electron chi connectivity index (χ2n) is 4.72. The van der Waals surface area contributed by atoms with E-state index >= 15 is 0 Å². The topological polar surface area (TPSA) is 58.3 Å². The van der Waals surface area contributed by atoms with E-state index < -0.39 is 0 Å². The van der Waals surface area contributed by atoms with Crippen LogP contribution in [0.1, 0.15) is 0 Å². The molecule has 5 nitrogen and oxygen atoms in total. The molecule has 1 fully saturated rings. The van der Waals surface area contributed by atoms with Crippen LogP contribution >= 0.6 is 0 Å². The number of piperazine rings is 1. The fraction of sp³-hybridized carbons (Fsp3) is 0.286. The van der Waals surface area contributed by atoms with Crippen LogP contribution < -0.4 is 15.5 Å². The van der Waals surface area contributed by atoms with Crippen molar-refractivity contribution in [2.45, 2.75) is 0 Å². The standard InChI is InChI=1S/C14H16FN5/c15-12-2-1-5-17-14(12)20-8-6-19(7-9-20)11-3-4-13(16)18-10-11/h1-5,10H,6-9H2,(H2,16,18). The van der Waals surface area contributed by atoms with E-state index in [0.717, 1.165) is 31.9 Å². The predicted molar refractivity (Wildman–Crippen MR) is 77.3 cm³/mol. The van der Waals surface area contributed by atoms with Crippen molar-refractivity contribution >= 4 is 17.3 Å². The van der Waals surface area contributed by atoms with Crippen molar-refractivity contribution in [3.8, 4) is 0 Å². The zero-order valence-corrected chi connectivity index (χ0v) is 11.0. The van der Waals surface area contributed by atoms with E-state index in [2.05, 4.69) is 14.9 Å². The van der Waals surface area contributed by atoms with Crippen LogP contribution in [0.4, 0.5) is 21.7 Å². The summed E-state index contributed by atoms with van der Waals surface area (Å²) in [5, 5.41) is 0. The van der Waals surface area contributed by atoms with Crippen LogP contribution in [-0.4, -0.2) is 36.1 Å². The molecule has 3 heterocycles. The van der Waals surface area contributed by atoms with Gasteiger partial charge in [-0.05, 0) is 24.3 Å². The third kappa shape index (κ3) is 2.49. The van der Waals surface area contributed by atoms with Gasteiger partial charge in [-0.25, -0.2) is 14.4 Å². The maximum atomic E-state index is 13.7. The summed E-state index contributed by atoms with van der Waals surface area (Å²) < 4.78 is 13.7. The van der Waals surface area contributed by atoms with Gasteiger partial charge in [0, 0.05) is 32.4 Å². The predicted octanol–water partition coefficient (Wildman–Crippen LogP) is 1.52. The molecule has 1 aliphatic rings. The van der Waals surface area contributed by atoms with Gasteiger partial charge in [0.15, 0.2) is 11.6 Å². The summed E-state index contributed by atoms with van der Waals surface area (Å²) in [5.74, 6) is 0.681. The summed E-state index contributed by atoms with van der Waals surface area (Å²) >= 11 is 0. The molecular formula is C14H16FN5. The molecule has 20 heavy (non-hydrogen) atoms. The minimum absolute atomic E-state index is 0.268. The van der Waals surface area contributed by atoms with Gasteiger partial charge in [0.1, 0.15) is 5.82 Å².